The summed E-state index contributed by atoms with van der Waals surface area (Å²) in [6.07, 6.45) is 1.33. The van der Waals surface area contributed by atoms with Crippen LogP contribution in [0, 0.1) is 0 Å². The number of rotatable bonds is 3. The van der Waals surface area contributed by atoms with Crippen LogP contribution in [0.5, 0.6) is 0 Å². The van der Waals surface area contributed by atoms with Crippen LogP contribution in [0.25, 0.3) is 0 Å². The molecule has 5 nitrogen and oxygen atoms in total. The quantitative estimate of drug-likeness (QED) is 0.782. The van der Waals surface area contributed by atoms with Gasteiger partial charge in [-0.3, -0.25) is 4.79 Å². The summed E-state index contributed by atoms with van der Waals surface area (Å²) in [4.78, 5) is 11.6. The van der Waals surface area contributed by atoms with Gasteiger partial charge in [-0.05, 0) is 27.7 Å². The van der Waals surface area contributed by atoms with Crippen molar-refractivity contribution in [2.24, 2.45) is 0 Å². The van der Waals surface area contributed by atoms with Gasteiger partial charge in [-0.15, -0.1) is 0 Å². The van der Waals surface area contributed by atoms with Gasteiger partial charge in [-0.25, -0.2) is 0 Å². The zero-order chi connectivity index (χ0) is 11.7. The zero-order valence-electron chi connectivity index (χ0n) is 9.37. The molecule has 84 valence electrons. The first kappa shape index (κ1) is 11.7. The minimum absolute atomic E-state index is 0.201. The highest BCUT2D eigenvalue weighted by Crippen LogP contribution is 2.20. The van der Waals surface area contributed by atoms with Gasteiger partial charge in [0.2, 0.25) is 0 Å². The fourth-order valence-corrected chi connectivity index (χ4v) is 0.830. The van der Waals surface area contributed by atoms with Gasteiger partial charge in [0.1, 0.15) is 6.26 Å². The van der Waals surface area contributed by atoms with E-state index in [1.54, 1.807) is 27.7 Å². The van der Waals surface area contributed by atoms with E-state index in [9.17, 15) is 9.90 Å². The number of hydrogen-bond acceptors (Lipinski definition) is 4. The summed E-state index contributed by atoms with van der Waals surface area (Å²) >= 11 is 0. The maximum atomic E-state index is 11.6. The molecule has 1 aromatic rings. The Morgan fingerprint density at radius 3 is 2.47 bits per heavy atom. The summed E-state index contributed by atoms with van der Waals surface area (Å²) in [5.41, 5.74) is -1.57. The zero-order valence-corrected chi connectivity index (χ0v) is 9.37. The van der Waals surface area contributed by atoms with Crippen molar-refractivity contribution < 1.29 is 14.4 Å². The largest absolute Gasteiger partial charge is 0.388 e. The van der Waals surface area contributed by atoms with Crippen LogP contribution in [-0.4, -0.2) is 27.3 Å². The van der Waals surface area contributed by atoms with Crippen molar-refractivity contribution in [3.05, 3.63) is 18.0 Å². The molecule has 0 aliphatic heterocycles. The van der Waals surface area contributed by atoms with E-state index in [1.165, 1.54) is 12.3 Å². The molecular formula is C10H16N2O3. The van der Waals surface area contributed by atoms with Gasteiger partial charge in [-0.1, -0.05) is 5.16 Å². The molecule has 0 aromatic carbocycles. The maximum Gasteiger partial charge on any atom is 0.273 e. The summed E-state index contributed by atoms with van der Waals surface area (Å²) in [6, 6.07) is 1.47. The molecule has 0 aliphatic carbocycles. The predicted octanol–water partition coefficient (Wildman–Crippen LogP) is 0.954. The minimum Gasteiger partial charge on any atom is -0.388 e. The molecule has 0 aliphatic rings. The number of hydrogen-bond donors (Lipinski definition) is 2. The third-order valence-corrected chi connectivity index (χ3v) is 2.63. The minimum atomic E-state index is -1.02. The molecule has 0 saturated heterocycles. The Hall–Kier alpha value is -1.36. The molecule has 0 unspecified atom stereocenters. The van der Waals surface area contributed by atoms with E-state index in [2.05, 4.69) is 15.0 Å². The van der Waals surface area contributed by atoms with Crippen molar-refractivity contribution in [3.63, 3.8) is 0 Å². The molecule has 1 aromatic heterocycles. The number of carbonyl (C=O) groups is 1. The van der Waals surface area contributed by atoms with Gasteiger partial charge in [0.25, 0.3) is 5.91 Å². The predicted molar refractivity (Wildman–Crippen MR) is 54.3 cm³/mol. The second-order valence-electron chi connectivity index (χ2n) is 4.52. The third kappa shape index (κ3) is 2.56. The van der Waals surface area contributed by atoms with E-state index >= 15 is 0 Å². The highest BCUT2D eigenvalue weighted by atomic mass is 16.5. The highest BCUT2D eigenvalue weighted by Gasteiger charge is 2.36. The molecule has 0 fully saturated rings. The molecule has 15 heavy (non-hydrogen) atoms. The van der Waals surface area contributed by atoms with Crippen LogP contribution in [0.4, 0.5) is 0 Å². The van der Waals surface area contributed by atoms with Crippen LogP contribution in [0.15, 0.2) is 16.9 Å². The standard InChI is InChI=1S/C10H16N2O3/c1-9(2,10(3,4)14)11-8(13)7-5-6-15-12-7/h5-6,14H,1-4H3,(H,11,13). The van der Waals surface area contributed by atoms with E-state index in [-0.39, 0.29) is 11.6 Å². The van der Waals surface area contributed by atoms with Gasteiger partial charge in [0.15, 0.2) is 5.69 Å². The Kier molecular flexibility index (Phi) is 2.86. The van der Waals surface area contributed by atoms with Crippen LogP contribution >= 0.6 is 0 Å². The number of amides is 1. The first-order valence-corrected chi connectivity index (χ1v) is 4.69. The van der Waals surface area contributed by atoms with Crippen LogP contribution in [-0.2, 0) is 0 Å². The number of nitrogens with zero attached hydrogens (tertiary/aromatic N) is 1. The molecule has 0 atom stereocenters. The van der Waals surface area contributed by atoms with E-state index in [0.717, 1.165) is 0 Å². The van der Waals surface area contributed by atoms with Crippen LogP contribution < -0.4 is 5.32 Å². The summed E-state index contributed by atoms with van der Waals surface area (Å²) < 4.78 is 4.56. The lowest BCUT2D eigenvalue weighted by molar-refractivity contribution is -0.00308. The number of nitrogens with one attached hydrogen (secondary N) is 1. The second-order valence-corrected chi connectivity index (χ2v) is 4.52. The van der Waals surface area contributed by atoms with E-state index in [0.29, 0.717) is 0 Å². The summed E-state index contributed by atoms with van der Waals surface area (Å²) in [6.45, 7) is 6.75. The number of aliphatic hydroxyl groups is 1. The van der Waals surface area contributed by atoms with Gasteiger partial charge >= 0.3 is 0 Å². The number of aromatic nitrogens is 1. The van der Waals surface area contributed by atoms with Gasteiger partial charge in [0, 0.05) is 6.07 Å². The van der Waals surface area contributed by atoms with Crippen molar-refractivity contribution in [2.75, 3.05) is 0 Å². The molecular weight excluding hydrogens is 196 g/mol. The van der Waals surface area contributed by atoms with Crippen LogP contribution in [0.3, 0.4) is 0 Å². The van der Waals surface area contributed by atoms with Crippen molar-refractivity contribution in [1.29, 1.82) is 0 Å². The first-order chi connectivity index (χ1) is 6.74. The third-order valence-electron chi connectivity index (χ3n) is 2.63. The Labute approximate surface area is 88.5 Å². The molecule has 0 bridgehead atoms. The highest BCUT2D eigenvalue weighted by molar-refractivity contribution is 5.92. The average molecular weight is 212 g/mol. The Balaban J connectivity index is 2.75. The van der Waals surface area contributed by atoms with Crippen LogP contribution in [0.1, 0.15) is 38.2 Å². The van der Waals surface area contributed by atoms with Crippen LogP contribution in [0.2, 0.25) is 0 Å². The molecule has 0 saturated carbocycles. The van der Waals surface area contributed by atoms with Crippen molar-refractivity contribution in [1.82, 2.24) is 10.5 Å². The molecule has 0 spiro atoms. The van der Waals surface area contributed by atoms with Gasteiger partial charge in [-0.2, -0.15) is 0 Å². The number of carbonyl (C=O) groups excluding carboxylic acids is 1. The van der Waals surface area contributed by atoms with Crippen molar-refractivity contribution in [2.45, 2.75) is 38.8 Å². The molecule has 1 amide bonds. The fourth-order valence-electron chi connectivity index (χ4n) is 0.830. The smallest absolute Gasteiger partial charge is 0.273 e. The molecule has 1 heterocycles. The molecule has 2 N–H and O–H groups in total. The topological polar surface area (TPSA) is 75.4 Å². The van der Waals surface area contributed by atoms with E-state index < -0.39 is 11.1 Å². The lowest BCUT2D eigenvalue weighted by atomic mass is 9.86. The summed E-state index contributed by atoms with van der Waals surface area (Å²) in [5.74, 6) is -0.365. The average Bonchev–Trinajstić information content (AvgIpc) is 2.51. The lowest BCUT2D eigenvalue weighted by Crippen LogP contribution is -2.57. The second kappa shape index (κ2) is 3.66. The Morgan fingerprint density at radius 1 is 1.47 bits per heavy atom. The monoisotopic (exact) mass is 212 g/mol. The van der Waals surface area contributed by atoms with Crippen molar-refractivity contribution in [3.8, 4) is 0 Å². The molecule has 0 radical (unpaired) electrons. The lowest BCUT2D eigenvalue weighted by Gasteiger charge is -2.37. The van der Waals surface area contributed by atoms with E-state index in [1.807, 2.05) is 0 Å². The molecule has 1 rings (SSSR count). The van der Waals surface area contributed by atoms with Gasteiger partial charge in [0.05, 0.1) is 11.1 Å². The first-order valence-electron chi connectivity index (χ1n) is 4.69. The molecule has 5 heteroatoms. The maximum absolute atomic E-state index is 11.6. The van der Waals surface area contributed by atoms with Crippen molar-refractivity contribution >= 4 is 5.91 Å². The summed E-state index contributed by atoms with van der Waals surface area (Å²) in [7, 11) is 0. The SMILES string of the molecule is CC(C)(O)C(C)(C)NC(=O)c1ccon1. The Bertz CT molecular complexity index is 336. The fraction of sp³-hybridized carbons (Fsp3) is 0.600. The van der Waals surface area contributed by atoms with E-state index in [4.69, 9.17) is 0 Å². The summed E-state index contributed by atoms with van der Waals surface area (Å²) in [5, 5.41) is 16.0. The normalized spacial score (nSPS) is 12.6. The van der Waals surface area contributed by atoms with Gasteiger partial charge < -0.3 is 14.9 Å². The Morgan fingerprint density at radius 2 is 2.07 bits per heavy atom.